The van der Waals surface area contributed by atoms with Crippen molar-refractivity contribution in [3.63, 3.8) is 0 Å². The Morgan fingerprint density at radius 3 is 2.58 bits per heavy atom. The molecule has 0 amide bonds. The van der Waals surface area contributed by atoms with E-state index < -0.39 is 11.0 Å². The lowest BCUT2D eigenvalue weighted by atomic mass is 9.88. The number of rotatable bonds is 1. The van der Waals surface area contributed by atoms with Gasteiger partial charge in [-0.2, -0.15) is 0 Å². The molecule has 2 rings (SSSR count). The van der Waals surface area contributed by atoms with Crippen molar-refractivity contribution in [1.29, 1.82) is 0 Å². The lowest BCUT2D eigenvalue weighted by Gasteiger charge is -2.33. The quantitative estimate of drug-likeness (QED) is 0.558. The van der Waals surface area contributed by atoms with Crippen LogP contribution in [0.25, 0.3) is 0 Å². The minimum atomic E-state index is -0.475. The normalized spacial score (nSPS) is 23.4. The third-order valence-electron chi connectivity index (χ3n) is 3.87. The third-order valence-corrected chi connectivity index (χ3v) is 3.87. The number of hydrogen-bond acceptors (Lipinski definition) is 2. The zero-order chi connectivity index (χ0) is 14.1. The average molecular weight is 260 g/mol. The second-order valence-electron chi connectivity index (χ2n) is 6.73. The van der Waals surface area contributed by atoms with Crippen molar-refractivity contribution in [3.05, 3.63) is 35.4 Å². The van der Waals surface area contributed by atoms with E-state index in [1.165, 1.54) is 17.5 Å². The fourth-order valence-corrected chi connectivity index (χ4v) is 2.63. The Balaban J connectivity index is 2.34. The predicted octanol–water partition coefficient (Wildman–Crippen LogP) is 4.22. The number of carbonyl (C=O) groups excluding carboxylic acids is 1. The van der Waals surface area contributed by atoms with Gasteiger partial charge in [-0.1, -0.05) is 24.3 Å². The Bertz CT molecular complexity index is 470. The summed E-state index contributed by atoms with van der Waals surface area (Å²) in [5.41, 5.74) is 1.58. The molecule has 1 aliphatic carbocycles. The Morgan fingerprint density at radius 1 is 1.21 bits per heavy atom. The van der Waals surface area contributed by atoms with Crippen molar-refractivity contribution in [2.75, 3.05) is 0 Å². The van der Waals surface area contributed by atoms with E-state index in [-0.39, 0.29) is 5.97 Å². The van der Waals surface area contributed by atoms with Crippen LogP contribution in [0.3, 0.4) is 0 Å². The molecule has 1 atom stereocenters. The van der Waals surface area contributed by atoms with Crippen LogP contribution >= 0.6 is 0 Å². The number of esters is 1. The van der Waals surface area contributed by atoms with Crippen molar-refractivity contribution >= 4 is 5.97 Å². The highest BCUT2D eigenvalue weighted by atomic mass is 16.6. The van der Waals surface area contributed by atoms with Crippen LogP contribution in [0.4, 0.5) is 0 Å². The molecule has 0 radical (unpaired) electrons. The van der Waals surface area contributed by atoms with E-state index in [9.17, 15) is 4.79 Å². The van der Waals surface area contributed by atoms with Crippen LogP contribution in [0, 0.1) is 5.41 Å². The highest BCUT2D eigenvalue weighted by Crippen LogP contribution is 2.38. The van der Waals surface area contributed by atoms with E-state index in [2.05, 4.69) is 25.1 Å². The summed E-state index contributed by atoms with van der Waals surface area (Å²) in [7, 11) is 0. The molecule has 2 heteroatoms. The number of carbonyl (C=O) groups is 1. The van der Waals surface area contributed by atoms with Crippen LogP contribution in [0.15, 0.2) is 24.3 Å². The molecule has 0 saturated heterocycles. The van der Waals surface area contributed by atoms with E-state index >= 15 is 0 Å². The SMILES string of the molecule is CC(C)(C)C(=O)OC1(C)CCCCc2ccccc21. The molecule has 0 saturated carbocycles. The lowest BCUT2D eigenvalue weighted by Crippen LogP contribution is -2.35. The maximum Gasteiger partial charge on any atom is 0.312 e. The van der Waals surface area contributed by atoms with Gasteiger partial charge in [0.1, 0.15) is 5.60 Å². The molecule has 2 nitrogen and oxygen atoms in total. The Kier molecular flexibility index (Phi) is 3.71. The van der Waals surface area contributed by atoms with E-state index in [0.29, 0.717) is 0 Å². The number of ether oxygens (including phenoxy) is 1. The zero-order valence-corrected chi connectivity index (χ0v) is 12.5. The molecule has 1 unspecified atom stereocenters. The van der Waals surface area contributed by atoms with E-state index in [4.69, 9.17) is 4.74 Å². The van der Waals surface area contributed by atoms with Crippen LogP contribution < -0.4 is 0 Å². The van der Waals surface area contributed by atoms with Crippen molar-refractivity contribution < 1.29 is 9.53 Å². The predicted molar refractivity (Wildman–Crippen MR) is 76.9 cm³/mol. The number of hydrogen-bond donors (Lipinski definition) is 0. The van der Waals surface area contributed by atoms with Gasteiger partial charge in [-0.15, -0.1) is 0 Å². The molecule has 0 fully saturated rings. The molecule has 1 aromatic rings. The number of benzene rings is 1. The van der Waals surface area contributed by atoms with Gasteiger partial charge in [0.05, 0.1) is 5.41 Å². The van der Waals surface area contributed by atoms with Crippen LogP contribution in [0.1, 0.15) is 58.1 Å². The molecule has 1 aliphatic rings. The van der Waals surface area contributed by atoms with Crippen LogP contribution in [0.2, 0.25) is 0 Å². The summed E-state index contributed by atoms with van der Waals surface area (Å²) in [5, 5.41) is 0. The number of aryl methyl sites for hydroxylation is 1. The summed E-state index contributed by atoms with van der Waals surface area (Å²) in [6.07, 6.45) is 4.26. The van der Waals surface area contributed by atoms with Gasteiger partial charge >= 0.3 is 5.97 Å². The van der Waals surface area contributed by atoms with Crippen LogP contribution in [0.5, 0.6) is 0 Å². The van der Waals surface area contributed by atoms with Crippen molar-refractivity contribution in [3.8, 4) is 0 Å². The lowest BCUT2D eigenvalue weighted by molar-refractivity contribution is -0.170. The fourth-order valence-electron chi connectivity index (χ4n) is 2.63. The van der Waals surface area contributed by atoms with Crippen LogP contribution in [-0.2, 0) is 21.6 Å². The minimum absolute atomic E-state index is 0.119. The maximum absolute atomic E-state index is 12.2. The van der Waals surface area contributed by atoms with Gasteiger partial charge in [0.25, 0.3) is 0 Å². The molecular weight excluding hydrogens is 236 g/mol. The molecule has 0 N–H and O–H groups in total. The smallest absolute Gasteiger partial charge is 0.312 e. The topological polar surface area (TPSA) is 26.3 Å². The van der Waals surface area contributed by atoms with Gasteiger partial charge in [0, 0.05) is 0 Å². The van der Waals surface area contributed by atoms with Crippen LogP contribution in [-0.4, -0.2) is 5.97 Å². The van der Waals surface area contributed by atoms with Gasteiger partial charge in [0.2, 0.25) is 0 Å². The summed E-state index contributed by atoms with van der Waals surface area (Å²) in [5.74, 6) is -0.119. The molecule has 1 aromatic carbocycles. The standard InChI is InChI=1S/C17H24O2/c1-16(2,3)15(18)19-17(4)12-8-7-10-13-9-5-6-11-14(13)17/h5-6,9,11H,7-8,10,12H2,1-4H3. The van der Waals surface area contributed by atoms with Gasteiger partial charge in [-0.25, -0.2) is 0 Å². The molecule has 0 aliphatic heterocycles. The molecule has 0 heterocycles. The molecule has 0 aromatic heterocycles. The monoisotopic (exact) mass is 260 g/mol. The summed E-state index contributed by atoms with van der Waals surface area (Å²) in [6, 6.07) is 8.36. The van der Waals surface area contributed by atoms with E-state index in [1.54, 1.807) is 0 Å². The third kappa shape index (κ3) is 2.99. The van der Waals surface area contributed by atoms with Crippen molar-refractivity contribution in [1.82, 2.24) is 0 Å². The Hall–Kier alpha value is -1.31. The average Bonchev–Trinajstić information content (AvgIpc) is 2.49. The summed E-state index contributed by atoms with van der Waals surface area (Å²) in [6.45, 7) is 7.77. The van der Waals surface area contributed by atoms with Crippen molar-refractivity contribution in [2.45, 2.75) is 59.0 Å². The van der Waals surface area contributed by atoms with Gasteiger partial charge in [-0.05, 0) is 64.5 Å². The first-order chi connectivity index (χ1) is 8.83. The zero-order valence-electron chi connectivity index (χ0n) is 12.5. The highest BCUT2D eigenvalue weighted by molar-refractivity contribution is 5.76. The highest BCUT2D eigenvalue weighted by Gasteiger charge is 2.37. The summed E-state index contributed by atoms with van der Waals surface area (Å²) >= 11 is 0. The van der Waals surface area contributed by atoms with Gasteiger partial charge in [-0.3, -0.25) is 4.79 Å². The second kappa shape index (κ2) is 4.99. The van der Waals surface area contributed by atoms with E-state index in [1.807, 2.05) is 26.8 Å². The second-order valence-corrected chi connectivity index (χ2v) is 6.73. The van der Waals surface area contributed by atoms with Gasteiger partial charge in [0.15, 0.2) is 0 Å². The first-order valence-corrected chi connectivity index (χ1v) is 7.15. The Morgan fingerprint density at radius 2 is 1.89 bits per heavy atom. The van der Waals surface area contributed by atoms with Crippen molar-refractivity contribution in [2.24, 2.45) is 5.41 Å². The molecule has 0 spiro atoms. The maximum atomic E-state index is 12.2. The number of fused-ring (bicyclic) bond motifs is 1. The molecule has 104 valence electrons. The molecule has 19 heavy (non-hydrogen) atoms. The summed E-state index contributed by atoms with van der Waals surface area (Å²) in [4.78, 5) is 12.2. The largest absolute Gasteiger partial charge is 0.454 e. The minimum Gasteiger partial charge on any atom is -0.454 e. The first kappa shape index (κ1) is 14.1. The molecular formula is C17H24O2. The summed E-state index contributed by atoms with van der Waals surface area (Å²) < 4.78 is 5.91. The Labute approximate surface area is 116 Å². The van der Waals surface area contributed by atoms with E-state index in [0.717, 1.165) is 19.3 Å². The fraction of sp³-hybridized carbons (Fsp3) is 0.588. The first-order valence-electron chi connectivity index (χ1n) is 7.15. The van der Waals surface area contributed by atoms with Gasteiger partial charge < -0.3 is 4.74 Å². The molecule has 0 bridgehead atoms.